The number of imidazole rings is 1. The quantitative estimate of drug-likeness (QED) is 0.867. The molecule has 0 aliphatic rings. The number of aliphatic hydroxyl groups excluding tert-OH is 1. The van der Waals surface area contributed by atoms with Gasteiger partial charge in [0, 0.05) is 12.4 Å². The van der Waals surface area contributed by atoms with Crippen molar-refractivity contribution >= 4 is 11.3 Å². The van der Waals surface area contributed by atoms with Gasteiger partial charge in [0.05, 0.1) is 17.5 Å². The first-order chi connectivity index (χ1) is 7.81. The number of rotatable bonds is 5. The van der Waals surface area contributed by atoms with Crippen LogP contribution in [0.2, 0.25) is 0 Å². The molecule has 2 aromatic heterocycles. The van der Waals surface area contributed by atoms with Crippen LogP contribution >= 0.6 is 11.3 Å². The van der Waals surface area contributed by atoms with Crippen molar-refractivity contribution < 1.29 is 5.11 Å². The van der Waals surface area contributed by atoms with Crippen LogP contribution in [-0.2, 0) is 6.54 Å². The van der Waals surface area contributed by atoms with Crippen molar-refractivity contribution in [3.05, 3.63) is 29.9 Å². The van der Waals surface area contributed by atoms with Crippen LogP contribution in [0.25, 0.3) is 10.7 Å². The number of hydrogen-bond donors (Lipinski definition) is 1. The monoisotopic (exact) mass is 236 g/mol. The Hall–Kier alpha value is -1.13. The van der Waals surface area contributed by atoms with Crippen LogP contribution < -0.4 is 0 Å². The Balaban J connectivity index is 2.14. The van der Waals surface area contributed by atoms with Crippen molar-refractivity contribution in [3.63, 3.8) is 0 Å². The van der Waals surface area contributed by atoms with E-state index in [0.717, 1.165) is 23.5 Å². The van der Waals surface area contributed by atoms with Gasteiger partial charge in [0.2, 0.25) is 0 Å². The van der Waals surface area contributed by atoms with Gasteiger partial charge >= 0.3 is 0 Å². The third-order valence-corrected chi connectivity index (χ3v) is 3.35. The van der Waals surface area contributed by atoms with Gasteiger partial charge in [-0.1, -0.05) is 19.4 Å². The van der Waals surface area contributed by atoms with Gasteiger partial charge in [-0.15, -0.1) is 11.3 Å². The van der Waals surface area contributed by atoms with Gasteiger partial charge in [-0.05, 0) is 17.9 Å². The summed E-state index contributed by atoms with van der Waals surface area (Å²) in [4.78, 5) is 5.48. The highest BCUT2D eigenvalue weighted by Gasteiger charge is 2.10. The zero-order valence-electron chi connectivity index (χ0n) is 9.34. The SMILES string of the molecule is CCCC(O)Cn1ccnc1-c1cccs1. The Morgan fingerprint density at radius 1 is 1.56 bits per heavy atom. The third kappa shape index (κ3) is 2.51. The molecule has 0 amide bonds. The molecule has 0 aromatic carbocycles. The lowest BCUT2D eigenvalue weighted by atomic mass is 10.2. The third-order valence-electron chi connectivity index (χ3n) is 2.49. The fourth-order valence-corrected chi connectivity index (χ4v) is 2.48. The van der Waals surface area contributed by atoms with Crippen molar-refractivity contribution in [2.45, 2.75) is 32.4 Å². The number of aliphatic hydroxyl groups is 1. The molecule has 0 saturated heterocycles. The predicted octanol–water partition coefficient (Wildman–Crippen LogP) is 2.77. The summed E-state index contributed by atoms with van der Waals surface area (Å²) in [7, 11) is 0. The Kier molecular flexibility index (Phi) is 3.74. The average Bonchev–Trinajstić information content (AvgIpc) is 2.86. The summed E-state index contributed by atoms with van der Waals surface area (Å²) in [5, 5.41) is 11.8. The maximum atomic E-state index is 9.80. The molecule has 2 heterocycles. The molecule has 0 saturated carbocycles. The van der Waals surface area contributed by atoms with Crippen molar-refractivity contribution in [1.82, 2.24) is 9.55 Å². The van der Waals surface area contributed by atoms with E-state index in [4.69, 9.17) is 0 Å². The molecule has 0 fully saturated rings. The molecule has 4 heteroatoms. The summed E-state index contributed by atoms with van der Waals surface area (Å²) in [6.45, 7) is 2.71. The lowest BCUT2D eigenvalue weighted by Crippen LogP contribution is -2.15. The van der Waals surface area contributed by atoms with Crippen molar-refractivity contribution in [2.24, 2.45) is 0 Å². The lowest BCUT2D eigenvalue weighted by Gasteiger charge is -2.11. The minimum absolute atomic E-state index is 0.280. The largest absolute Gasteiger partial charge is 0.391 e. The summed E-state index contributed by atoms with van der Waals surface area (Å²) in [6.07, 6.45) is 5.27. The maximum Gasteiger partial charge on any atom is 0.150 e. The molecule has 2 rings (SSSR count). The summed E-state index contributed by atoms with van der Waals surface area (Å²) >= 11 is 1.67. The van der Waals surface area contributed by atoms with Crippen LogP contribution in [-0.4, -0.2) is 20.8 Å². The van der Waals surface area contributed by atoms with Gasteiger partial charge in [0.1, 0.15) is 5.82 Å². The Morgan fingerprint density at radius 2 is 2.44 bits per heavy atom. The predicted molar refractivity (Wildman–Crippen MR) is 66.5 cm³/mol. The molecule has 0 aliphatic heterocycles. The Morgan fingerprint density at radius 3 is 3.12 bits per heavy atom. The van der Waals surface area contributed by atoms with Gasteiger partial charge in [0.25, 0.3) is 0 Å². The van der Waals surface area contributed by atoms with Crippen molar-refractivity contribution in [2.75, 3.05) is 0 Å². The summed E-state index contributed by atoms with van der Waals surface area (Å²) < 4.78 is 2.02. The van der Waals surface area contributed by atoms with E-state index in [1.54, 1.807) is 17.5 Å². The van der Waals surface area contributed by atoms with Crippen LogP contribution in [0.1, 0.15) is 19.8 Å². The zero-order valence-corrected chi connectivity index (χ0v) is 10.2. The molecule has 1 N–H and O–H groups in total. The van der Waals surface area contributed by atoms with Gasteiger partial charge in [-0.3, -0.25) is 0 Å². The second kappa shape index (κ2) is 5.27. The number of nitrogens with zero attached hydrogens (tertiary/aromatic N) is 2. The van der Waals surface area contributed by atoms with Crippen LogP contribution in [0.15, 0.2) is 29.9 Å². The first kappa shape index (κ1) is 11.4. The normalized spacial score (nSPS) is 12.9. The second-order valence-electron chi connectivity index (χ2n) is 3.82. The van der Waals surface area contributed by atoms with E-state index in [9.17, 15) is 5.11 Å². The summed E-state index contributed by atoms with van der Waals surface area (Å²) in [6, 6.07) is 4.07. The summed E-state index contributed by atoms with van der Waals surface area (Å²) in [5.74, 6) is 0.949. The van der Waals surface area contributed by atoms with Gasteiger partial charge in [-0.2, -0.15) is 0 Å². The summed E-state index contributed by atoms with van der Waals surface area (Å²) in [5.41, 5.74) is 0. The minimum Gasteiger partial charge on any atom is -0.391 e. The molecule has 16 heavy (non-hydrogen) atoms. The molecule has 0 aliphatic carbocycles. The highest BCUT2D eigenvalue weighted by Crippen LogP contribution is 2.23. The van der Waals surface area contributed by atoms with Gasteiger partial charge in [0.15, 0.2) is 0 Å². The van der Waals surface area contributed by atoms with Gasteiger partial charge < -0.3 is 9.67 Å². The number of hydrogen-bond acceptors (Lipinski definition) is 3. The van der Waals surface area contributed by atoms with Crippen LogP contribution in [0.5, 0.6) is 0 Å². The average molecular weight is 236 g/mol. The fraction of sp³-hybridized carbons (Fsp3) is 0.417. The lowest BCUT2D eigenvalue weighted by molar-refractivity contribution is 0.144. The molecule has 2 aromatic rings. The van der Waals surface area contributed by atoms with E-state index in [1.807, 2.05) is 22.2 Å². The van der Waals surface area contributed by atoms with Crippen LogP contribution in [0, 0.1) is 0 Å². The topological polar surface area (TPSA) is 38.0 Å². The Bertz CT molecular complexity index is 422. The van der Waals surface area contributed by atoms with E-state index < -0.39 is 0 Å². The molecule has 3 nitrogen and oxygen atoms in total. The van der Waals surface area contributed by atoms with Crippen molar-refractivity contribution in [3.8, 4) is 10.7 Å². The van der Waals surface area contributed by atoms with Crippen molar-refractivity contribution in [1.29, 1.82) is 0 Å². The van der Waals surface area contributed by atoms with E-state index in [0.29, 0.717) is 6.54 Å². The van der Waals surface area contributed by atoms with Crippen LogP contribution in [0.3, 0.4) is 0 Å². The van der Waals surface area contributed by atoms with E-state index in [2.05, 4.69) is 18.0 Å². The molecular weight excluding hydrogens is 220 g/mol. The second-order valence-corrected chi connectivity index (χ2v) is 4.77. The van der Waals surface area contributed by atoms with Gasteiger partial charge in [-0.25, -0.2) is 4.98 Å². The van der Waals surface area contributed by atoms with E-state index in [-0.39, 0.29) is 6.10 Å². The fourth-order valence-electron chi connectivity index (χ4n) is 1.74. The maximum absolute atomic E-state index is 9.80. The van der Waals surface area contributed by atoms with E-state index >= 15 is 0 Å². The Labute approximate surface area is 99.4 Å². The van der Waals surface area contributed by atoms with Crippen LogP contribution in [0.4, 0.5) is 0 Å². The minimum atomic E-state index is -0.280. The highest BCUT2D eigenvalue weighted by molar-refractivity contribution is 7.13. The number of aromatic nitrogens is 2. The first-order valence-electron chi connectivity index (χ1n) is 5.54. The van der Waals surface area contributed by atoms with E-state index in [1.165, 1.54) is 0 Å². The first-order valence-corrected chi connectivity index (χ1v) is 6.42. The molecule has 1 unspecified atom stereocenters. The molecule has 1 atom stereocenters. The molecule has 0 bridgehead atoms. The standard InChI is InChI=1S/C12H16N2OS/c1-2-4-10(15)9-14-7-6-13-12(14)11-5-3-8-16-11/h3,5-8,10,15H,2,4,9H2,1H3. The molecule has 0 spiro atoms. The zero-order chi connectivity index (χ0) is 11.4. The highest BCUT2D eigenvalue weighted by atomic mass is 32.1. The smallest absolute Gasteiger partial charge is 0.150 e. The number of thiophene rings is 1. The molecule has 0 radical (unpaired) electrons. The molecule has 86 valence electrons. The molecular formula is C12H16N2OS.